The zero-order valence-electron chi connectivity index (χ0n) is 9.40. The number of aryl methyl sites for hydroxylation is 1. The van der Waals surface area contributed by atoms with Gasteiger partial charge in [0.05, 0.1) is 4.47 Å². The lowest BCUT2D eigenvalue weighted by molar-refractivity contribution is 0.874. The quantitative estimate of drug-likeness (QED) is 0.883. The molecule has 5 heteroatoms. The summed E-state index contributed by atoms with van der Waals surface area (Å²) in [7, 11) is 0. The van der Waals surface area contributed by atoms with Crippen LogP contribution in [0.2, 0.25) is 0 Å². The number of halogens is 1. The van der Waals surface area contributed by atoms with Gasteiger partial charge in [0.25, 0.3) is 0 Å². The predicted octanol–water partition coefficient (Wildman–Crippen LogP) is 3.45. The molecule has 0 atom stereocenters. The van der Waals surface area contributed by atoms with Gasteiger partial charge >= 0.3 is 0 Å². The number of nitrogens with zero attached hydrogens (tertiary/aromatic N) is 2. The van der Waals surface area contributed by atoms with E-state index in [-0.39, 0.29) is 0 Å². The average molecular weight is 310 g/mol. The van der Waals surface area contributed by atoms with Crippen molar-refractivity contribution in [1.29, 1.82) is 0 Å². The molecule has 2 heterocycles. The maximum absolute atomic E-state index is 5.21. The number of hydrogen-bond donors (Lipinski definition) is 1. The number of nitrogens with one attached hydrogen (secondary N) is 1. The summed E-state index contributed by atoms with van der Waals surface area (Å²) >= 11 is 8.66. The highest BCUT2D eigenvalue weighted by Crippen LogP contribution is 2.17. The van der Waals surface area contributed by atoms with Crippen LogP contribution in [0, 0.1) is 4.64 Å². The minimum Gasteiger partial charge on any atom is -0.346 e. The Morgan fingerprint density at radius 2 is 2.24 bits per heavy atom. The predicted molar refractivity (Wildman–Crippen MR) is 73.5 cm³/mol. The van der Waals surface area contributed by atoms with E-state index in [1.807, 2.05) is 18.2 Å². The van der Waals surface area contributed by atoms with Gasteiger partial charge in [-0.3, -0.25) is 4.98 Å². The molecule has 2 rings (SSSR count). The third-order valence-corrected chi connectivity index (χ3v) is 3.82. The van der Waals surface area contributed by atoms with Crippen molar-refractivity contribution in [2.45, 2.75) is 19.8 Å². The minimum atomic E-state index is 0.603. The molecule has 0 aliphatic carbocycles. The zero-order valence-corrected chi connectivity index (χ0v) is 11.8. The van der Waals surface area contributed by atoms with Gasteiger partial charge in [-0.05, 0) is 34.5 Å². The Kier molecular flexibility index (Phi) is 4.02. The summed E-state index contributed by atoms with van der Waals surface area (Å²) in [6.07, 6.45) is 3.34. The van der Waals surface area contributed by atoms with Crippen LogP contribution in [0.4, 0.5) is 0 Å². The molecule has 0 aliphatic heterocycles. The Morgan fingerprint density at radius 3 is 2.88 bits per heavy atom. The van der Waals surface area contributed by atoms with Crippen molar-refractivity contribution in [3.63, 3.8) is 0 Å². The van der Waals surface area contributed by atoms with E-state index >= 15 is 0 Å². The number of pyridine rings is 1. The van der Waals surface area contributed by atoms with E-state index in [1.165, 1.54) is 0 Å². The Hall–Kier alpha value is -1.07. The van der Waals surface area contributed by atoms with Crippen LogP contribution in [0.3, 0.4) is 0 Å². The summed E-state index contributed by atoms with van der Waals surface area (Å²) in [5, 5.41) is 0. The Labute approximate surface area is 113 Å². The molecular formula is C12H12BrN3S. The van der Waals surface area contributed by atoms with E-state index in [9.17, 15) is 0 Å². The third kappa shape index (κ3) is 2.98. The molecule has 0 unspecified atom stereocenters. The second-order valence-corrected chi connectivity index (χ2v) is 4.81. The first kappa shape index (κ1) is 12.4. The molecule has 17 heavy (non-hydrogen) atoms. The van der Waals surface area contributed by atoms with Crippen LogP contribution in [-0.2, 0) is 12.8 Å². The number of H-pyrrole nitrogens is 1. The lowest BCUT2D eigenvalue weighted by Crippen LogP contribution is -2.02. The molecule has 0 saturated heterocycles. The molecule has 0 aromatic carbocycles. The van der Waals surface area contributed by atoms with Crippen LogP contribution in [-0.4, -0.2) is 15.0 Å². The van der Waals surface area contributed by atoms with Crippen LogP contribution in [0.15, 0.2) is 28.9 Å². The van der Waals surface area contributed by atoms with Crippen molar-refractivity contribution >= 4 is 28.1 Å². The van der Waals surface area contributed by atoms with Crippen LogP contribution in [0.5, 0.6) is 0 Å². The summed E-state index contributed by atoms with van der Waals surface area (Å²) in [4.78, 5) is 11.9. The van der Waals surface area contributed by atoms with E-state index in [0.717, 1.165) is 28.1 Å². The fourth-order valence-corrected chi connectivity index (χ4v) is 2.26. The second-order valence-electron chi connectivity index (χ2n) is 3.63. The van der Waals surface area contributed by atoms with Gasteiger partial charge in [-0.1, -0.05) is 25.2 Å². The zero-order chi connectivity index (χ0) is 12.3. The second kappa shape index (κ2) is 5.51. The number of aromatic nitrogens is 3. The van der Waals surface area contributed by atoms with Gasteiger partial charge < -0.3 is 4.98 Å². The normalized spacial score (nSPS) is 10.5. The average Bonchev–Trinajstić information content (AvgIpc) is 2.35. The number of aromatic amines is 1. The highest BCUT2D eigenvalue weighted by Gasteiger charge is 2.05. The minimum absolute atomic E-state index is 0.603. The van der Waals surface area contributed by atoms with Gasteiger partial charge in [-0.25, -0.2) is 4.98 Å². The van der Waals surface area contributed by atoms with Crippen molar-refractivity contribution in [3.05, 3.63) is 50.7 Å². The SMILES string of the molecule is CCc1[nH]c(Cc2ccccn2)nc(=S)c1Br. The molecule has 0 aliphatic rings. The smallest absolute Gasteiger partial charge is 0.144 e. The summed E-state index contributed by atoms with van der Waals surface area (Å²) in [6, 6.07) is 5.85. The highest BCUT2D eigenvalue weighted by atomic mass is 79.9. The Balaban J connectivity index is 2.34. The fraction of sp³-hybridized carbons (Fsp3) is 0.250. The summed E-state index contributed by atoms with van der Waals surface area (Å²) in [5.41, 5.74) is 2.06. The summed E-state index contributed by atoms with van der Waals surface area (Å²) in [6.45, 7) is 2.08. The van der Waals surface area contributed by atoms with Gasteiger partial charge in [-0.2, -0.15) is 0 Å². The molecule has 2 aromatic rings. The highest BCUT2D eigenvalue weighted by molar-refractivity contribution is 9.10. The van der Waals surface area contributed by atoms with Crippen LogP contribution >= 0.6 is 28.1 Å². The maximum atomic E-state index is 5.21. The summed E-state index contributed by atoms with van der Waals surface area (Å²) in [5.74, 6) is 0.855. The fourth-order valence-electron chi connectivity index (χ4n) is 1.56. The van der Waals surface area contributed by atoms with Crippen molar-refractivity contribution in [3.8, 4) is 0 Å². The van der Waals surface area contributed by atoms with E-state index in [4.69, 9.17) is 12.2 Å². The number of rotatable bonds is 3. The Morgan fingerprint density at radius 1 is 1.41 bits per heavy atom. The summed E-state index contributed by atoms with van der Waals surface area (Å²) < 4.78 is 1.49. The molecule has 0 saturated carbocycles. The molecule has 0 bridgehead atoms. The molecule has 0 amide bonds. The van der Waals surface area contributed by atoms with E-state index in [0.29, 0.717) is 11.1 Å². The lowest BCUT2D eigenvalue weighted by Gasteiger charge is -2.06. The van der Waals surface area contributed by atoms with Crippen LogP contribution in [0.1, 0.15) is 24.1 Å². The van der Waals surface area contributed by atoms with Crippen molar-refractivity contribution in [1.82, 2.24) is 15.0 Å². The van der Waals surface area contributed by atoms with Gasteiger partial charge in [0.15, 0.2) is 0 Å². The molecule has 0 radical (unpaired) electrons. The van der Waals surface area contributed by atoms with E-state index in [1.54, 1.807) is 6.20 Å². The molecule has 3 nitrogen and oxygen atoms in total. The first-order valence-electron chi connectivity index (χ1n) is 5.38. The maximum Gasteiger partial charge on any atom is 0.144 e. The third-order valence-electron chi connectivity index (χ3n) is 2.41. The van der Waals surface area contributed by atoms with Crippen molar-refractivity contribution in [2.75, 3.05) is 0 Å². The molecule has 0 fully saturated rings. The van der Waals surface area contributed by atoms with Gasteiger partial charge in [0, 0.05) is 24.0 Å². The first-order valence-corrected chi connectivity index (χ1v) is 6.58. The molecular weight excluding hydrogens is 298 g/mol. The standard InChI is InChI=1S/C12H12BrN3S/c1-2-9-11(13)12(17)16-10(15-9)7-8-5-3-4-6-14-8/h3-6H,2,7H2,1H3,(H,15,16,17). The Bertz CT molecular complexity index is 566. The van der Waals surface area contributed by atoms with Crippen molar-refractivity contribution in [2.24, 2.45) is 0 Å². The van der Waals surface area contributed by atoms with Gasteiger partial charge in [0.1, 0.15) is 10.5 Å². The molecule has 2 aromatic heterocycles. The lowest BCUT2D eigenvalue weighted by atomic mass is 10.2. The molecule has 0 spiro atoms. The van der Waals surface area contributed by atoms with Gasteiger partial charge in [0.2, 0.25) is 0 Å². The largest absolute Gasteiger partial charge is 0.346 e. The molecule has 88 valence electrons. The van der Waals surface area contributed by atoms with Crippen LogP contribution in [0.25, 0.3) is 0 Å². The topological polar surface area (TPSA) is 41.6 Å². The van der Waals surface area contributed by atoms with E-state index in [2.05, 4.69) is 37.8 Å². The monoisotopic (exact) mass is 309 g/mol. The van der Waals surface area contributed by atoms with E-state index < -0.39 is 0 Å². The van der Waals surface area contributed by atoms with Crippen LogP contribution < -0.4 is 0 Å². The molecule has 1 N–H and O–H groups in total. The van der Waals surface area contributed by atoms with Gasteiger partial charge in [-0.15, -0.1) is 0 Å². The number of hydrogen-bond acceptors (Lipinski definition) is 3. The van der Waals surface area contributed by atoms with Crippen molar-refractivity contribution < 1.29 is 0 Å². The first-order chi connectivity index (χ1) is 8.20.